The van der Waals surface area contributed by atoms with Gasteiger partial charge < -0.3 is 15.4 Å². The number of nitrogens with one attached hydrogen (secondary N) is 2. The Bertz CT molecular complexity index is 586. The molecule has 112 valence electrons. The molecule has 2 rings (SSSR count). The number of methoxy groups -OCH3 is 1. The van der Waals surface area contributed by atoms with Crippen molar-refractivity contribution in [1.82, 2.24) is 9.97 Å². The molecule has 0 saturated heterocycles. The maximum atomic E-state index is 5.02. The molecular formula is C16H22N4O. The van der Waals surface area contributed by atoms with Crippen LogP contribution in [0.3, 0.4) is 0 Å². The van der Waals surface area contributed by atoms with Crippen LogP contribution >= 0.6 is 0 Å². The van der Waals surface area contributed by atoms with Crippen LogP contribution in [0.15, 0.2) is 30.5 Å². The van der Waals surface area contributed by atoms with Gasteiger partial charge in [0.05, 0.1) is 0 Å². The zero-order valence-corrected chi connectivity index (χ0v) is 12.8. The number of hydrogen-bond acceptors (Lipinski definition) is 5. The van der Waals surface area contributed by atoms with E-state index in [4.69, 9.17) is 4.74 Å². The van der Waals surface area contributed by atoms with E-state index in [2.05, 4.69) is 52.6 Å². The average Bonchev–Trinajstić information content (AvgIpc) is 2.48. The maximum Gasteiger partial charge on any atom is 0.229 e. The van der Waals surface area contributed by atoms with Gasteiger partial charge in [0.25, 0.3) is 0 Å². The molecule has 0 spiro atoms. The molecule has 0 saturated carbocycles. The lowest BCUT2D eigenvalue weighted by atomic mass is 10.1. The fourth-order valence-corrected chi connectivity index (χ4v) is 1.94. The summed E-state index contributed by atoms with van der Waals surface area (Å²) in [6, 6.07) is 8.14. The molecule has 0 aliphatic carbocycles. The lowest BCUT2D eigenvalue weighted by Crippen LogP contribution is -2.07. The molecule has 0 radical (unpaired) electrons. The fourth-order valence-electron chi connectivity index (χ4n) is 1.94. The van der Waals surface area contributed by atoms with E-state index in [1.165, 1.54) is 11.1 Å². The van der Waals surface area contributed by atoms with Gasteiger partial charge in [0.2, 0.25) is 5.95 Å². The standard InChI is InChI=1S/C16H22N4O/c1-12-5-6-13(2)14(11-12)19-16-18-9-7-15(20-16)17-8-4-10-21-3/h5-7,9,11H,4,8,10H2,1-3H3,(H2,17,18,19,20). The van der Waals surface area contributed by atoms with E-state index in [0.29, 0.717) is 5.95 Å². The van der Waals surface area contributed by atoms with Crippen molar-refractivity contribution in [3.05, 3.63) is 41.6 Å². The first-order valence-electron chi connectivity index (χ1n) is 7.09. The van der Waals surface area contributed by atoms with Gasteiger partial charge in [-0.1, -0.05) is 12.1 Å². The van der Waals surface area contributed by atoms with Crippen molar-refractivity contribution in [3.8, 4) is 0 Å². The number of ether oxygens (including phenoxy) is 1. The molecule has 0 unspecified atom stereocenters. The topological polar surface area (TPSA) is 59.1 Å². The summed E-state index contributed by atoms with van der Waals surface area (Å²) in [5.74, 6) is 1.41. The predicted octanol–water partition coefficient (Wildman–Crippen LogP) is 3.29. The molecule has 0 bridgehead atoms. The number of aryl methyl sites for hydroxylation is 2. The minimum Gasteiger partial charge on any atom is -0.385 e. The van der Waals surface area contributed by atoms with Crippen LogP contribution in [0.2, 0.25) is 0 Å². The van der Waals surface area contributed by atoms with Gasteiger partial charge in [-0.15, -0.1) is 0 Å². The van der Waals surface area contributed by atoms with Crippen molar-refractivity contribution in [2.24, 2.45) is 0 Å². The van der Waals surface area contributed by atoms with Gasteiger partial charge in [0.15, 0.2) is 0 Å². The third kappa shape index (κ3) is 4.72. The van der Waals surface area contributed by atoms with Crippen molar-refractivity contribution < 1.29 is 4.74 Å². The van der Waals surface area contributed by atoms with Gasteiger partial charge in [0, 0.05) is 32.1 Å². The maximum absolute atomic E-state index is 5.02. The van der Waals surface area contributed by atoms with Gasteiger partial charge in [-0.05, 0) is 43.5 Å². The predicted molar refractivity (Wildman–Crippen MR) is 86.2 cm³/mol. The van der Waals surface area contributed by atoms with Gasteiger partial charge >= 0.3 is 0 Å². The molecule has 0 atom stereocenters. The normalized spacial score (nSPS) is 10.4. The second-order valence-corrected chi connectivity index (χ2v) is 4.98. The number of aromatic nitrogens is 2. The molecule has 2 aromatic rings. The van der Waals surface area contributed by atoms with Crippen molar-refractivity contribution >= 4 is 17.5 Å². The van der Waals surface area contributed by atoms with Crippen LogP contribution in [0.1, 0.15) is 17.5 Å². The largest absolute Gasteiger partial charge is 0.385 e. The van der Waals surface area contributed by atoms with E-state index in [1.54, 1.807) is 13.3 Å². The quantitative estimate of drug-likeness (QED) is 0.765. The second-order valence-electron chi connectivity index (χ2n) is 4.98. The molecule has 0 amide bonds. The Morgan fingerprint density at radius 3 is 2.86 bits per heavy atom. The number of anilines is 3. The Labute approximate surface area is 125 Å². The van der Waals surface area contributed by atoms with E-state index < -0.39 is 0 Å². The Kier molecular flexibility index (Phi) is 5.51. The first-order chi connectivity index (χ1) is 10.2. The van der Waals surface area contributed by atoms with Gasteiger partial charge in [-0.2, -0.15) is 4.98 Å². The van der Waals surface area contributed by atoms with Crippen molar-refractivity contribution in [2.75, 3.05) is 30.9 Å². The van der Waals surface area contributed by atoms with Crippen molar-refractivity contribution in [3.63, 3.8) is 0 Å². The highest BCUT2D eigenvalue weighted by Gasteiger charge is 2.03. The van der Waals surface area contributed by atoms with E-state index in [0.717, 1.165) is 31.1 Å². The summed E-state index contributed by atoms with van der Waals surface area (Å²) in [5, 5.41) is 6.53. The van der Waals surface area contributed by atoms with Crippen molar-refractivity contribution in [1.29, 1.82) is 0 Å². The molecule has 21 heavy (non-hydrogen) atoms. The highest BCUT2D eigenvalue weighted by Crippen LogP contribution is 2.20. The number of benzene rings is 1. The lowest BCUT2D eigenvalue weighted by Gasteiger charge is -2.10. The zero-order chi connectivity index (χ0) is 15.1. The smallest absolute Gasteiger partial charge is 0.229 e. The van der Waals surface area contributed by atoms with Gasteiger partial charge in [-0.25, -0.2) is 4.98 Å². The summed E-state index contributed by atoms with van der Waals surface area (Å²) < 4.78 is 5.02. The molecular weight excluding hydrogens is 264 g/mol. The molecule has 1 aromatic heterocycles. The molecule has 5 heteroatoms. The first kappa shape index (κ1) is 15.3. The van der Waals surface area contributed by atoms with Crippen LogP contribution in [-0.2, 0) is 4.74 Å². The summed E-state index contributed by atoms with van der Waals surface area (Å²) in [6.07, 6.45) is 2.69. The highest BCUT2D eigenvalue weighted by atomic mass is 16.5. The Morgan fingerprint density at radius 2 is 2.05 bits per heavy atom. The van der Waals surface area contributed by atoms with Crippen LogP contribution < -0.4 is 10.6 Å². The zero-order valence-electron chi connectivity index (χ0n) is 12.8. The van der Waals surface area contributed by atoms with Crippen LogP contribution in [0, 0.1) is 13.8 Å². The molecule has 0 aliphatic rings. The molecule has 2 N–H and O–H groups in total. The van der Waals surface area contributed by atoms with E-state index in [1.807, 2.05) is 6.07 Å². The van der Waals surface area contributed by atoms with Crippen LogP contribution in [0.4, 0.5) is 17.5 Å². The van der Waals surface area contributed by atoms with E-state index in [-0.39, 0.29) is 0 Å². The van der Waals surface area contributed by atoms with Crippen LogP contribution in [0.25, 0.3) is 0 Å². The van der Waals surface area contributed by atoms with Crippen LogP contribution in [0.5, 0.6) is 0 Å². The van der Waals surface area contributed by atoms with Gasteiger partial charge in [-0.3, -0.25) is 0 Å². The number of rotatable bonds is 7. The molecule has 1 heterocycles. The first-order valence-corrected chi connectivity index (χ1v) is 7.09. The number of nitrogens with zero attached hydrogens (tertiary/aromatic N) is 2. The SMILES string of the molecule is COCCCNc1ccnc(Nc2cc(C)ccc2C)n1. The minimum absolute atomic E-state index is 0.598. The second kappa shape index (κ2) is 7.59. The monoisotopic (exact) mass is 286 g/mol. The molecule has 5 nitrogen and oxygen atoms in total. The minimum atomic E-state index is 0.598. The van der Waals surface area contributed by atoms with Gasteiger partial charge in [0.1, 0.15) is 5.82 Å². The summed E-state index contributed by atoms with van der Waals surface area (Å²) in [7, 11) is 1.71. The summed E-state index contributed by atoms with van der Waals surface area (Å²) >= 11 is 0. The molecule has 0 aliphatic heterocycles. The Morgan fingerprint density at radius 1 is 1.19 bits per heavy atom. The fraction of sp³-hybridized carbons (Fsp3) is 0.375. The van der Waals surface area contributed by atoms with Crippen LogP contribution in [-0.4, -0.2) is 30.2 Å². The number of hydrogen-bond donors (Lipinski definition) is 2. The third-order valence-corrected chi connectivity index (χ3v) is 3.13. The average molecular weight is 286 g/mol. The lowest BCUT2D eigenvalue weighted by molar-refractivity contribution is 0.198. The van der Waals surface area contributed by atoms with E-state index in [9.17, 15) is 0 Å². The summed E-state index contributed by atoms with van der Waals surface area (Å²) in [4.78, 5) is 8.73. The van der Waals surface area contributed by atoms with E-state index >= 15 is 0 Å². The highest BCUT2D eigenvalue weighted by molar-refractivity contribution is 5.60. The summed E-state index contributed by atoms with van der Waals surface area (Å²) in [5.41, 5.74) is 3.41. The third-order valence-electron chi connectivity index (χ3n) is 3.13. The van der Waals surface area contributed by atoms with Crippen molar-refractivity contribution in [2.45, 2.75) is 20.3 Å². The Balaban J connectivity index is 2.02. The molecule has 0 fully saturated rings. The Hall–Kier alpha value is -2.14. The summed E-state index contributed by atoms with van der Waals surface area (Å²) in [6.45, 7) is 5.70. The molecule has 1 aromatic carbocycles.